The van der Waals surface area contributed by atoms with Crippen molar-refractivity contribution >= 4 is 11.7 Å². The first-order chi connectivity index (χ1) is 15.3. The molecule has 1 unspecified atom stereocenters. The Hall–Kier alpha value is -3.07. The summed E-state index contributed by atoms with van der Waals surface area (Å²) in [5.74, 6) is 2.90. The topological polar surface area (TPSA) is 108 Å². The number of aryl methyl sites for hydroxylation is 1. The third-order valence-electron chi connectivity index (χ3n) is 5.96. The average Bonchev–Trinajstić information content (AvgIpc) is 3.16. The van der Waals surface area contributed by atoms with Crippen molar-refractivity contribution in [2.24, 2.45) is 5.41 Å². The summed E-state index contributed by atoms with van der Waals surface area (Å²) < 4.78 is 18.4. The largest absolute Gasteiger partial charge is 0.496 e. The number of rotatable bonds is 7. The number of hydrogen-bond donors (Lipinski definition) is 2. The minimum atomic E-state index is -0.519. The third-order valence-corrected chi connectivity index (χ3v) is 5.96. The zero-order valence-electron chi connectivity index (χ0n) is 19.2. The van der Waals surface area contributed by atoms with Crippen molar-refractivity contribution in [3.63, 3.8) is 0 Å². The van der Waals surface area contributed by atoms with Crippen LogP contribution in [0.15, 0.2) is 23.4 Å². The number of aromatic nitrogens is 3. The fourth-order valence-electron chi connectivity index (χ4n) is 4.55. The maximum absolute atomic E-state index is 13.4. The summed E-state index contributed by atoms with van der Waals surface area (Å²) in [7, 11) is 4.73. The van der Waals surface area contributed by atoms with Crippen molar-refractivity contribution in [3.8, 4) is 17.2 Å². The predicted octanol–water partition coefficient (Wildman–Crippen LogP) is 2.89. The zero-order valence-corrected chi connectivity index (χ0v) is 19.2. The molecule has 0 saturated carbocycles. The molecule has 2 aliphatic rings. The first-order valence-corrected chi connectivity index (χ1v) is 10.7. The quantitative estimate of drug-likeness (QED) is 0.674. The lowest BCUT2D eigenvalue weighted by Crippen LogP contribution is -2.36. The average molecular weight is 443 g/mol. The molecule has 0 saturated heterocycles. The molecule has 2 N–H and O–H groups in total. The molecule has 1 aliphatic carbocycles. The molecular formula is C23H30N4O5. The van der Waals surface area contributed by atoms with Gasteiger partial charge in [0, 0.05) is 42.3 Å². The number of ether oxygens (including phenoxy) is 3. The van der Waals surface area contributed by atoms with Crippen molar-refractivity contribution in [1.82, 2.24) is 14.8 Å². The molecule has 4 rings (SSSR count). The fraction of sp³-hybridized carbons (Fsp3) is 0.522. The Morgan fingerprint density at radius 1 is 1.12 bits per heavy atom. The van der Waals surface area contributed by atoms with Gasteiger partial charge in [-0.3, -0.25) is 4.79 Å². The first kappa shape index (κ1) is 22.1. The number of fused-ring (bicyclic) bond motifs is 1. The summed E-state index contributed by atoms with van der Waals surface area (Å²) in [5.41, 5.74) is 2.12. The Balaban J connectivity index is 1.93. The van der Waals surface area contributed by atoms with Crippen LogP contribution in [0.1, 0.15) is 50.5 Å². The molecule has 2 heterocycles. The lowest BCUT2D eigenvalue weighted by Gasteiger charge is -2.38. The number of allylic oxidation sites excluding steroid dienone is 2. The molecule has 172 valence electrons. The minimum absolute atomic E-state index is 0.0612. The van der Waals surface area contributed by atoms with E-state index in [0.717, 1.165) is 17.7 Å². The molecule has 0 amide bonds. The normalized spacial score (nSPS) is 19.2. The summed E-state index contributed by atoms with van der Waals surface area (Å²) in [5, 5.41) is 17.3. The molecule has 1 aromatic carbocycles. The number of Topliss-reactive ketones (excluding diaryl/α,β-unsaturated/α-hetero) is 1. The van der Waals surface area contributed by atoms with E-state index in [1.54, 1.807) is 32.1 Å². The number of benzene rings is 1. The van der Waals surface area contributed by atoms with Crippen LogP contribution in [0.5, 0.6) is 17.2 Å². The maximum atomic E-state index is 13.4. The van der Waals surface area contributed by atoms with Gasteiger partial charge in [0.2, 0.25) is 5.95 Å². The Kier molecular flexibility index (Phi) is 5.85. The highest BCUT2D eigenvalue weighted by atomic mass is 16.5. The molecule has 1 aliphatic heterocycles. The van der Waals surface area contributed by atoms with Gasteiger partial charge in [-0.25, -0.2) is 4.68 Å². The number of aliphatic hydroxyl groups is 1. The second kappa shape index (κ2) is 8.46. The maximum Gasteiger partial charge on any atom is 0.226 e. The Morgan fingerprint density at radius 3 is 2.47 bits per heavy atom. The zero-order chi connectivity index (χ0) is 23.0. The molecule has 1 atom stereocenters. The Labute approximate surface area is 187 Å². The molecular weight excluding hydrogens is 412 g/mol. The van der Waals surface area contributed by atoms with Crippen molar-refractivity contribution in [3.05, 3.63) is 34.8 Å². The molecule has 0 bridgehead atoms. The van der Waals surface area contributed by atoms with Gasteiger partial charge < -0.3 is 24.6 Å². The van der Waals surface area contributed by atoms with E-state index in [0.29, 0.717) is 53.9 Å². The standard InChI is InChI=1S/C23H30N4O5/c1-23(2)11-14-20(15(29)12-23)21(27-22(24-14)25-19(26-27)7-6-8-28)13-9-17(31-4)18(32-5)10-16(13)30-3/h9-10,21,28H,6-8,11-12H2,1-5H3,(H,24,25,26). The molecule has 32 heavy (non-hydrogen) atoms. The van der Waals surface area contributed by atoms with Crippen LogP contribution in [0, 0.1) is 5.41 Å². The lowest BCUT2D eigenvalue weighted by molar-refractivity contribution is -0.118. The van der Waals surface area contributed by atoms with Crippen LogP contribution in [-0.2, 0) is 11.2 Å². The van der Waals surface area contributed by atoms with Gasteiger partial charge >= 0.3 is 0 Å². The molecule has 0 radical (unpaired) electrons. The van der Waals surface area contributed by atoms with E-state index in [9.17, 15) is 9.90 Å². The number of aliphatic hydroxyl groups excluding tert-OH is 1. The van der Waals surface area contributed by atoms with E-state index < -0.39 is 6.04 Å². The number of anilines is 1. The van der Waals surface area contributed by atoms with Gasteiger partial charge in [0.05, 0.1) is 21.3 Å². The number of carbonyl (C=O) groups excluding carboxylic acids is 1. The lowest BCUT2D eigenvalue weighted by atomic mass is 9.73. The van der Waals surface area contributed by atoms with E-state index in [2.05, 4.69) is 24.1 Å². The molecule has 1 aromatic heterocycles. The number of nitrogens with zero attached hydrogens (tertiary/aromatic N) is 3. The highest BCUT2D eigenvalue weighted by molar-refractivity contribution is 6.00. The van der Waals surface area contributed by atoms with Crippen LogP contribution < -0.4 is 19.5 Å². The molecule has 2 aromatic rings. The van der Waals surface area contributed by atoms with E-state index in [4.69, 9.17) is 19.3 Å². The second-order valence-electron chi connectivity index (χ2n) is 8.93. The summed E-state index contributed by atoms with van der Waals surface area (Å²) in [6, 6.07) is 3.08. The van der Waals surface area contributed by atoms with E-state index >= 15 is 0 Å². The van der Waals surface area contributed by atoms with Crippen molar-refractivity contribution in [1.29, 1.82) is 0 Å². The van der Waals surface area contributed by atoms with E-state index in [1.165, 1.54) is 0 Å². The number of hydrogen-bond acceptors (Lipinski definition) is 8. The first-order valence-electron chi connectivity index (χ1n) is 10.7. The Morgan fingerprint density at radius 2 is 1.81 bits per heavy atom. The highest BCUT2D eigenvalue weighted by Gasteiger charge is 2.43. The molecule has 0 fully saturated rings. The molecule has 9 nitrogen and oxygen atoms in total. The van der Waals surface area contributed by atoms with Crippen molar-refractivity contribution < 1.29 is 24.1 Å². The van der Waals surface area contributed by atoms with Gasteiger partial charge in [-0.05, 0) is 24.3 Å². The van der Waals surface area contributed by atoms with Crippen LogP contribution in [0.2, 0.25) is 0 Å². The number of nitrogens with one attached hydrogen (secondary N) is 1. The number of carbonyl (C=O) groups is 1. The Bertz CT molecular complexity index is 1070. The summed E-state index contributed by atoms with van der Waals surface area (Å²) in [4.78, 5) is 18.1. The second-order valence-corrected chi connectivity index (χ2v) is 8.93. The van der Waals surface area contributed by atoms with Crippen molar-refractivity contribution in [2.75, 3.05) is 33.3 Å². The van der Waals surface area contributed by atoms with Crippen LogP contribution in [-0.4, -0.2) is 53.6 Å². The number of methoxy groups -OCH3 is 3. The predicted molar refractivity (Wildman–Crippen MR) is 118 cm³/mol. The van der Waals surface area contributed by atoms with Crippen LogP contribution in [0.3, 0.4) is 0 Å². The van der Waals surface area contributed by atoms with Gasteiger partial charge in [0.25, 0.3) is 0 Å². The van der Waals surface area contributed by atoms with E-state index in [-0.39, 0.29) is 17.8 Å². The van der Waals surface area contributed by atoms with E-state index in [1.807, 2.05) is 6.07 Å². The van der Waals surface area contributed by atoms with Crippen LogP contribution >= 0.6 is 0 Å². The SMILES string of the molecule is COc1cc(OC)c(C2C3=C(CC(C)(C)CC3=O)Nc3nc(CCCO)nn32)cc1OC. The van der Waals surface area contributed by atoms with Gasteiger partial charge in [-0.15, -0.1) is 0 Å². The van der Waals surface area contributed by atoms with Gasteiger partial charge in [-0.2, -0.15) is 10.1 Å². The van der Waals surface area contributed by atoms with Crippen LogP contribution in [0.4, 0.5) is 5.95 Å². The van der Waals surface area contributed by atoms with Crippen molar-refractivity contribution in [2.45, 2.75) is 45.6 Å². The van der Waals surface area contributed by atoms with Gasteiger partial charge in [0.1, 0.15) is 11.8 Å². The summed E-state index contributed by atoms with van der Waals surface area (Å²) in [6.07, 6.45) is 2.27. The molecule has 0 spiro atoms. The summed E-state index contributed by atoms with van der Waals surface area (Å²) >= 11 is 0. The highest BCUT2D eigenvalue weighted by Crippen LogP contribution is 2.48. The van der Waals surface area contributed by atoms with Crippen LogP contribution in [0.25, 0.3) is 0 Å². The summed E-state index contributed by atoms with van der Waals surface area (Å²) in [6.45, 7) is 4.24. The fourth-order valence-corrected chi connectivity index (χ4v) is 4.55. The molecule has 9 heteroatoms. The monoisotopic (exact) mass is 442 g/mol. The number of ketones is 1. The third kappa shape index (κ3) is 3.81. The smallest absolute Gasteiger partial charge is 0.226 e. The van der Waals surface area contributed by atoms with Gasteiger partial charge in [0.15, 0.2) is 23.1 Å². The minimum Gasteiger partial charge on any atom is -0.496 e. The van der Waals surface area contributed by atoms with Gasteiger partial charge in [-0.1, -0.05) is 13.8 Å².